The van der Waals surface area contributed by atoms with Crippen molar-refractivity contribution in [3.05, 3.63) is 23.0 Å². The normalized spacial score (nSPS) is 11.6. The Bertz CT molecular complexity index is 445. The Labute approximate surface area is 78.9 Å². The van der Waals surface area contributed by atoms with E-state index in [1.807, 2.05) is 0 Å². The van der Waals surface area contributed by atoms with Gasteiger partial charge in [-0.05, 0) is 12.1 Å². The van der Waals surface area contributed by atoms with E-state index in [1.54, 1.807) is 0 Å². The molecular formula is C6H5ClFNO3S. The molecule has 1 rings (SSSR count). The molecule has 1 aromatic carbocycles. The minimum absolute atomic E-state index is 0.392. The second-order valence-corrected chi connectivity index (χ2v) is 4.08. The van der Waals surface area contributed by atoms with Crippen molar-refractivity contribution in [1.82, 2.24) is 0 Å². The summed E-state index contributed by atoms with van der Waals surface area (Å²) in [6, 6.07) is 1.48. The van der Waals surface area contributed by atoms with Gasteiger partial charge in [0.1, 0.15) is 10.7 Å². The van der Waals surface area contributed by atoms with Crippen molar-refractivity contribution in [2.45, 2.75) is 4.90 Å². The predicted molar refractivity (Wildman–Crippen MR) is 45.6 cm³/mol. The molecule has 0 heterocycles. The Morgan fingerprint density at radius 2 is 2.00 bits per heavy atom. The van der Waals surface area contributed by atoms with Gasteiger partial charge in [-0.1, -0.05) is 11.6 Å². The lowest BCUT2D eigenvalue weighted by molar-refractivity contribution is 0.483. The maximum Gasteiger partial charge on any atom is 0.296 e. The summed E-state index contributed by atoms with van der Waals surface area (Å²) in [7, 11) is -4.45. The van der Waals surface area contributed by atoms with E-state index in [9.17, 15) is 12.8 Å². The summed E-state index contributed by atoms with van der Waals surface area (Å²) in [6.07, 6.45) is 0. The molecular weight excluding hydrogens is 221 g/mol. The molecule has 0 aromatic heterocycles. The van der Waals surface area contributed by atoms with Crippen LogP contribution in [0.4, 0.5) is 10.1 Å². The van der Waals surface area contributed by atoms with E-state index < -0.39 is 31.5 Å². The van der Waals surface area contributed by atoms with Crippen molar-refractivity contribution in [3.8, 4) is 0 Å². The molecule has 0 spiro atoms. The van der Waals surface area contributed by atoms with Gasteiger partial charge in [-0.2, -0.15) is 8.42 Å². The molecule has 0 fully saturated rings. The molecule has 0 aliphatic carbocycles. The van der Waals surface area contributed by atoms with E-state index >= 15 is 0 Å². The van der Waals surface area contributed by atoms with E-state index in [-0.39, 0.29) is 0 Å². The molecule has 72 valence electrons. The third kappa shape index (κ3) is 2.09. The lowest BCUT2D eigenvalue weighted by Gasteiger charge is -2.02. The molecule has 0 atom stereocenters. The monoisotopic (exact) mass is 225 g/mol. The molecule has 0 aliphatic rings. The van der Waals surface area contributed by atoms with Gasteiger partial charge in [-0.25, -0.2) is 4.39 Å². The summed E-state index contributed by atoms with van der Waals surface area (Å²) in [4.78, 5) is -0.604. The van der Waals surface area contributed by atoms with E-state index in [4.69, 9.17) is 21.9 Å². The molecule has 0 saturated heterocycles. The fourth-order valence-electron chi connectivity index (χ4n) is 0.743. The number of rotatable bonds is 1. The molecule has 0 amide bonds. The van der Waals surface area contributed by atoms with E-state index in [2.05, 4.69) is 0 Å². The van der Waals surface area contributed by atoms with Crippen LogP contribution >= 0.6 is 11.6 Å². The van der Waals surface area contributed by atoms with Crippen molar-refractivity contribution in [1.29, 1.82) is 0 Å². The number of nitrogen functional groups attached to an aromatic ring is 1. The van der Waals surface area contributed by atoms with Gasteiger partial charge in [0.25, 0.3) is 10.1 Å². The van der Waals surface area contributed by atoms with Crippen LogP contribution in [0.25, 0.3) is 0 Å². The van der Waals surface area contributed by atoms with Crippen molar-refractivity contribution in [2.24, 2.45) is 0 Å². The molecule has 3 N–H and O–H groups in total. The zero-order valence-corrected chi connectivity index (χ0v) is 7.73. The van der Waals surface area contributed by atoms with Gasteiger partial charge in [-0.3, -0.25) is 4.55 Å². The third-order valence-corrected chi connectivity index (χ3v) is 2.65. The number of hydrogen-bond donors (Lipinski definition) is 2. The van der Waals surface area contributed by atoms with Crippen molar-refractivity contribution < 1.29 is 17.4 Å². The molecule has 7 heteroatoms. The maximum atomic E-state index is 12.7. The second-order valence-electron chi connectivity index (χ2n) is 2.28. The van der Waals surface area contributed by atoms with Gasteiger partial charge >= 0.3 is 0 Å². The highest BCUT2D eigenvalue weighted by atomic mass is 35.5. The van der Waals surface area contributed by atoms with E-state index in [0.29, 0.717) is 0 Å². The van der Waals surface area contributed by atoms with E-state index in [1.165, 1.54) is 0 Å². The van der Waals surface area contributed by atoms with Crippen LogP contribution in [0.1, 0.15) is 0 Å². The minimum Gasteiger partial charge on any atom is -0.396 e. The third-order valence-electron chi connectivity index (χ3n) is 1.33. The zero-order valence-electron chi connectivity index (χ0n) is 6.16. The van der Waals surface area contributed by atoms with Crippen LogP contribution < -0.4 is 5.73 Å². The summed E-state index contributed by atoms with van der Waals surface area (Å²) in [5.41, 5.74) is 4.69. The summed E-state index contributed by atoms with van der Waals surface area (Å²) in [5.74, 6) is -0.836. The van der Waals surface area contributed by atoms with Crippen LogP contribution in [0.5, 0.6) is 0 Å². The Hall–Kier alpha value is -0.850. The number of hydrogen-bond acceptors (Lipinski definition) is 3. The standard InChI is InChI=1S/C6H5ClFNO3S/c7-3-1-4(8)5(9)2-6(3)13(10,11)12/h1-2H,9H2,(H,10,11,12). The zero-order chi connectivity index (χ0) is 10.2. The summed E-state index contributed by atoms with van der Waals surface area (Å²) in [5, 5.41) is -0.408. The van der Waals surface area contributed by atoms with Crippen LogP contribution in [0.15, 0.2) is 17.0 Å². The lowest BCUT2D eigenvalue weighted by Crippen LogP contribution is -2.02. The van der Waals surface area contributed by atoms with Gasteiger partial charge in [-0.15, -0.1) is 0 Å². The SMILES string of the molecule is Nc1cc(S(=O)(=O)O)c(Cl)cc1F. The number of nitrogens with two attached hydrogens (primary N) is 1. The van der Waals surface area contributed by atoms with Crippen molar-refractivity contribution in [2.75, 3.05) is 5.73 Å². The van der Waals surface area contributed by atoms with Crippen LogP contribution in [-0.4, -0.2) is 13.0 Å². The summed E-state index contributed by atoms with van der Waals surface area (Å²) < 4.78 is 42.5. The van der Waals surface area contributed by atoms with Gasteiger partial charge in [0.2, 0.25) is 0 Å². The average molecular weight is 226 g/mol. The fourth-order valence-corrected chi connectivity index (χ4v) is 1.77. The molecule has 0 unspecified atom stereocenters. The average Bonchev–Trinajstić information content (AvgIpc) is 1.94. The number of halogens is 2. The van der Waals surface area contributed by atoms with Gasteiger partial charge in [0.15, 0.2) is 0 Å². The first kappa shape index (κ1) is 10.2. The van der Waals surface area contributed by atoms with Crippen molar-refractivity contribution >= 4 is 27.4 Å². The summed E-state index contributed by atoms with van der Waals surface area (Å²) in [6.45, 7) is 0. The first-order valence-electron chi connectivity index (χ1n) is 3.04. The topological polar surface area (TPSA) is 80.4 Å². The van der Waals surface area contributed by atoms with E-state index in [0.717, 1.165) is 12.1 Å². The highest BCUT2D eigenvalue weighted by Crippen LogP contribution is 2.25. The van der Waals surface area contributed by atoms with Gasteiger partial charge < -0.3 is 5.73 Å². The lowest BCUT2D eigenvalue weighted by atomic mass is 10.3. The molecule has 0 radical (unpaired) electrons. The highest BCUT2D eigenvalue weighted by Gasteiger charge is 2.16. The maximum absolute atomic E-state index is 12.7. The highest BCUT2D eigenvalue weighted by molar-refractivity contribution is 7.86. The van der Waals surface area contributed by atoms with Crippen LogP contribution in [0.2, 0.25) is 5.02 Å². The number of anilines is 1. The van der Waals surface area contributed by atoms with Crippen LogP contribution in [0, 0.1) is 5.82 Å². The Balaban J connectivity index is 3.50. The second kappa shape index (κ2) is 3.13. The molecule has 4 nitrogen and oxygen atoms in total. The van der Waals surface area contributed by atoms with Gasteiger partial charge in [0, 0.05) is 0 Å². The Morgan fingerprint density at radius 3 is 2.46 bits per heavy atom. The fraction of sp³-hybridized carbons (Fsp3) is 0. The largest absolute Gasteiger partial charge is 0.396 e. The molecule has 0 aliphatic heterocycles. The van der Waals surface area contributed by atoms with Crippen LogP contribution in [-0.2, 0) is 10.1 Å². The first-order valence-corrected chi connectivity index (χ1v) is 4.86. The molecule has 1 aromatic rings. The Kier molecular flexibility index (Phi) is 2.47. The smallest absolute Gasteiger partial charge is 0.296 e. The van der Waals surface area contributed by atoms with Crippen LogP contribution in [0.3, 0.4) is 0 Å². The Morgan fingerprint density at radius 1 is 1.46 bits per heavy atom. The number of benzene rings is 1. The van der Waals surface area contributed by atoms with Gasteiger partial charge in [0.05, 0.1) is 10.7 Å². The predicted octanol–water partition coefficient (Wildman–Crippen LogP) is 1.31. The summed E-state index contributed by atoms with van der Waals surface area (Å²) >= 11 is 5.35. The molecule has 13 heavy (non-hydrogen) atoms. The minimum atomic E-state index is -4.45. The quantitative estimate of drug-likeness (QED) is 0.558. The molecule has 0 bridgehead atoms. The first-order chi connectivity index (χ1) is 5.82. The van der Waals surface area contributed by atoms with Crippen molar-refractivity contribution in [3.63, 3.8) is 0 Å². The molecule has 0 saturated carbocycles.